The fourth-order valence-corrected chi connectivity index (χ4v) is 6.71. The molecule has 0 amide bonds. The molecule has 1 saturated heterocycles. The van der Waals surface area contributed by atoms with Gasteiger partial charge in [-0.2, -0.15) is 4.31 Å². The molecule has 2 rings (SSSR count). The predicted octanol–water partition coefficient (Wildman–Crippen LogP) is 2.44. The van der Waals surface area contributed by atoms with Crippen LogP contribution in [0.1, 0.15) is 13.8 Å². The summed E-state index contributed by atoms with van der Waals surface area (Å²) in [6.45, 7) is 3.55. The molecule has 1 aliphatic rings. The fourth-order valence-electron chi connectivity index (χ4n) is 2.24. The highest BCUT2D eigenvalue weighted by molar-refractivity contribution is 7.92. The molecule has 0 N–H and O–H groups in total. The van der Waals surface area contributed by atoms with Crippen LogP contribution >= 0.6 is 23.2 Å². The highest BCUT2D eigenvalue weighted by Crippen LogP contribution is 2.31. The Balaban J connectivity index is 2.17. The summed E-state index contributed by atoms with van der Waals surface area (Å²) >= 11 is 11.7. The van der Waals surface area contributed by atoms with Crippen LogP contribution in [0.25, 0.3) is 0 Å². The van der Waals surface area contributed by atoms with Crippen LogP contribution < -0.4 is 0 Å². The quantitative estimate of drug-likeness (QED) is 0.779. The molecule has 22 heavy (non-hydrogen) atoms. The first kappa shape index (κ1) is 18.0. The smallest absolute Gasteiger partial charge is 0.228 e. The lowest BCUT2D eigenvalue weighted by atomic mass is 10.3. The average molecular weight is 386 g/mol. The predicted molar refractivity (Wildman–Crippen MR) is 87.6 cm³/mol. The number of sulfonamides is 1. The van der Waals surface area contributed by atoms with Crippen molar-refractivity contribution in [2.75, 3.05) is 18.8 Å². The number of nitrogens with zero attached hydrogens (tertiary/aromatic N) is 1. The van der Waals surface area contributed by atoms with Gasteiger partial charge in [-0.3, -0.25) is 0 Å². The van der Waals surface area contributed by atoms with Gasteiger partial charge in [0, 0.05) is 18.1 Å². The molecule has 0 aliphatic carbocycles. The van der Waals surface area contributed by atoms with E-state index in [-0.39, 0.29) is 39.7 Å². The Bertz CT molecular complexity index is 769. The molecule has 1 heterocycles. The first-order valence-corrected chi connectivity index (χ1v) is 10.6. The van der Waals surface area contributed by atoms with Crippen LogP contribution in [0.3, 0.4) is 0 Å². The minimum atomic E-state index is -3.82. The maximum atomic E-state index is 12.5. The van der Waals surface area contributed by atoms with Crippen LogP contribution in [-0.2, 0) is 19.9 Å². The number of hydrogen-bond donors (Lipinski definition) is 0. The third-order valence-corrected chi connectivity index (χ3v) is 8.39. The highest BCUT2D eigenvalue weighted by atomic mass is 35.5. The summed E-state index contributed by atoms with van der Waals surface area (Å²) < 4.78 is 50.2. The molecular weight excluding hydrogens is 369 g/mol. The van der Waals surface area contributed by atoms with Gasteiger partial charge in [0.15, 0.2) is 9.84 Å². The first-order chi connectivity index (χ1) is 10.0. The van der Waals surface area contributed by atoms with Gasteiger partial charge in [-0.15, -0.1) is 0 Å². The molecule has 0 spiro atoms. The molecule has 1 aliphatic heterocycles. The van der Waals surface area contributed by atoms with Gasteiger partial charge in [0.25, 0.3) is 0 Å². The fraction of sp³-hybridized carbons (Fsp3) is 0.538. The third-order valence-electron chi connectivity index (χ3n) is 3.40. The molecule has 0 atom stereocenters. The van der Waals surface area contributed by atoms with Crippen molar-refractivity contribution in [3.8, 4) is 0 Å². The first-order valence-electron chi connectivity index (χ1n) is 6.71. The molecular formula is C13H17Cl2NO4S2. The maximum Gasteiger partial charge on any atom is 0.244 e. The van der Waals surface area contributed by atoms with Crippen LogP contribution in [0, 0.1) is 5.92 Å². The van der Waals surface area contributed by atoms with E-state index in [0.29, 0.717) is 0 Å². The summed E-state index contributed by atoms with van der Waals surface area (Å²) in [6, 6.07) is 4.17. The number of rotatable bonds is 5. The van der Waals surface area contributed by atoms with Crippen LogP contribution in [0.4, 0.5) is 0 Å². The molecule has 5 nitrogen and oxygen atoms in total. The zero-order valence-corrected chi connectivity index (χ0v) is 15.3. The van der Waals surface area contributed by atoms with E-state index in [1.807, 2.05) is 13.8 Å². The minimum Gasteiger partial charge on any atom is -0.228 e. The Morgan fingerprint density at radius 3 is 2.32 bits per heavy atom. The van der Waals surface area contributed by atoms with Gasteiger partial charge in [0.1, 0.15) is 4.90 Å². The normalized spacial score (nSPS) is 17.7. The van der Waals surface area contributed by atoms with Crippen molar-refractivity contribution in [1.82, 2.24) is 4.31 Å². The van der Waals surface area contributed by atoms with Crippen molar-refractivity contribution < 1.29 is 16.8 Å². The number of halogens is 2. The lowest BCUT2D eigenvalue weighted by Crippen LogP contribution is -2.57. The van der Waals surface area contributed by atoms with Crippen molar-refractivity contribution in [1.29, 1.82) is 0 Å². The SMILES string of the molecule is CC(C)CS(=O)(=O)C1CN(S(=O)(=O)c2cc(Cl)ccc2Cl)C1. The molecule has 0 aromatic heterocycles. The Labute approximate surface area is 141 Å². The number of benzene rings is 1. The molecule has 0 bridgehead atoms. The summed E-state index contributed by atoms with van der Waals surface area (Å²) in [5.41, 5.74) is 0. The monoisotopic (exact) mass is 385 g/mol. The Morgan fingerprint density at radius 1 is 1.18 bits per heavy atom. The van der Waals surface area contributed by atoms with Gasteiger partial charge < -0.3 is 0 Å². The number of sulfone groups is 1. The minimum absolute atomic E-state index is 0.0121. The second-order valence-electron chi connectivity index (χ2n) is 5.74. The molecule has 0 radical (unpaired) electrons. The zero-order valence-electron chi connectivity index (χ0n) is 12.2. The lowest BCUT2D eigenvalue weighted by Gasteiger charge is -2.37. The van der Waals surface area contributed by atoms with Crippen LogP contribution in [-0.4, -0.2) is 45.2 Å². The molecule has 1 fully saturated rings. The van der Waals surface area contributed by atoms with E-state index in [9.17, 15) is 16.8 Å². The van der Waals surface area contributed by atoms with Gasteiger partial charge >= 0.3 is 0 Å². The van der Waals surface area contributed by atoms with Gasteiger partial charge in [-0.05, 0) is 24.1 Å². The number of hydrogen-bond acceptors (Lipinski definition) is 4. The second-order valence-corrected chi connectivity index (χ2v) is 10.8. The van der Waals surface area contributed by atoms with Crippen molar-refractivity contribution in [3.05, 3.63) is 28.2 Å². The topological polar surface area (TPSA) is 71.5 Å². The van der Waals surface area contributed by atoms with E-state index < -0.39 is 25.1 Å². The van der Waals surface area contributed by atoms with Crippen molar-refractivity contribution >= 4 is 43.1 Å². The van der Waals surface area contributed by atoms with Gasteiger partial charge in [0.2, 0.25) is 10.0 Å². The largest absolute Gasteiger partial charge is 0.244 e. The zero-order chi connectivity index (χ0) is 16.7. The molecule has 1 aromatic carbocycles. The summed E-state index contributed by atoms with van der Waals surface area (Å²) in [7, 11) is -7.11. The van der Waals surface area contributed by atoms with Crippen molar-refractivity contribution in [2.45, 2.75) is 24.0 Å². The Hall–Kier alpha value is -0.340. The summed E-state index contributed by atoms with van der Waals surface area (Å²) in [5.74, 6) is 0.0711. The molecule has 1 aromatic rings. The third kappa shape index (κ3) is 3.59. The van der Waals surface area contributed by atoms with E-state index in [4.69, 9.17) is 23.2 Å². The standard InChI is InChI=1S/C13H17Cl2NO4S2/c1-9(2)8-21(17,18)11-6-16(7-11)22(19,20)13-5-10(14)3-4-12(13)15/h3-5,9,11H,6-8H2,1-2H3. The molecule has 9 heteroatoms. The molecule has 0 unspecified atom stereocenters. The second kappa shape index (κ2) is 6.28. The molecule has 0 saturated carbocycles. The van der Waals surface area contributed by atoms with Gasteiger partial charge in [0.05, 0.1) is 16.0 Å². The van der Waals surface area contributed by atoms with E-state index in [1.54, 1.807) is 0 Å². The van der Waals surface area contributed by atoms with Crippen LogP contribution in [0.15, 0.2) is 23.1 Å². The van der Waals surface area contributed by atoms with Crippen LogP contribution in [0.2, 0.25) is 10.0 Å². The van der Waals surface area contributed by atoms with E-state index in [1.165, 1.54) is 18.2 Å². The average Bonchev–Trinajstić information content (AvgIpc) is 2.27. The summed E-state index contributed by atoms with van der Waals surface area (Å²) in [4.78, 5) is -0.0959. The van der Waals surface area contributed by atoms with Crippen LogP contribution in [0.5, 0.6) is 0 Å². The van der Waals surface area contributed by atoms with E-state index >= 15 is 0 Å². The van der Waals surface area contributed by atoms with Crippen molar-refractivity contribution in [3.63, 3.8) is 0 Å². The van der Waals surface area contributed by atoms with Crippen molar-refractivity contribution in [2.24, 2.45) is 5.92 Å². The summed E-state index contributed by atoms with van der Waals surface area (Å²) in [6.07, 6.45) is 0. The Morgan fingerprint density at radius 2 is 1.77 bits per heavy atom. The van der Waals surface area contributed by atoms with Gasteiger partial charge in [-0.25, -0.2) is 16.8 Å². The van der Waals surface area contributed by atoms with Gasteiger partial charge in [-0.1, -0.05) is 37.0 Å². The summed E-state index contributed by atoms with van der Waals surface area (Å²) in [5, 5.41) is -0.326. The Kier molecular flexibility index (Phi) is 5.14. The van der Waals surface area contributed by atoms with E-state index in [2.05, 4.69) is 0 Å². The lowest BCUT2D eigenvalue weighted by molar-refractivity contribution is 0.309. The van der Waals surface area contributed by atoms with E-state index in [0.717, 1.165) is 4.31 Å². The maximum absolute atomic E-state index is 12.5. The molecule has 124 valence electrons. The highest BCUT2D eigenvalue weighted by Gasteiger charge is 2.44.